The maximum absolute atomic E-state index is 9.48. The van der Waals surface area contributed by atoms with Crippen molar-refractivity contribution in [2.45, 2.75) is 52.4 Å². The highest BCUT2D eigenvalue weighted by molar-refractivity contribution is 5.47. The highest BCUT2D eigenvalue weighted by Gasteiger charge is 2.19. The summed E-state index contributed by atoms with van der Waals surface area (Å²) in [5.74, 6) is 0.269. The van der Waals surface area contributed by atoms with E-state index in [9.17, 15) is 10.2 Å². The first-order chi connectivity index (χ1) is 11.4. The molecule has 0 saturated heterocycles. The van der Waals surface area contributed by atoms with Crippen LogP contribution in [0.25, 0.3) is 0 Å². The minimum Gasteiger partial charge on any atom is -0.508 e. The summed E-state index contributed by atoms with van der Waals surface area (Å²) < 4.78 is 0. The Kier molecular flexibility index (Phi) is 8.21. The van der Waals surface area contributed by atoms with Crippen LogP contribution in [0.4, 0.5) is 0 Å². The van der Waals surface area contributed by atoms with E-state index in [1.54, 1.807) is 18.2 Å². The molecule has 2 aromatic rings. The molecule has 138 valence electrons. The van der Waals surface area contributed by atoms with Gasteiger partial charge in [0.15, 0.2) is 11.5 Å². The summed E-state index contributed by atoms with van der Waals surface area (Å²) in [6.45, 7) is 14.4. The first-order valence-corrected chi connectivity index (χ1v) is 8.02. The number of aromatic hydroxyl groups is 3. The van der Waals surface area contributed by atoms with Gasteiger partial charge in [-0.25, -0.2) is 0 Å². The summed E-state index contributed by atoms with van der Waals surface area (Å²) in [5.41, 5.74) is 2.05. The van der Waals surface area contributed by atoms with Gasteiger partial charge in [-0.05, 0) is 34.6 Å². The van der Waals surface area contributed by atoms with Crippen molar-refractivity contribution in [3.05, 3.63) is 53.6 Å². The van der Waals surface area contributed by atoms with Crippen LogP contribution in [0.5, 0.6) is 17.2 Å². The average molecular weight is 346 g/mol. The molecule has 0 fully saturated rings. The normalized spacial score (nSPS) is 10.8. The van der Waals surface area contributed by atoms with Gasteiger partial charge in [-0.1, -0.05) is 65.8 Å². The number of phenols is 3. The monoisotopic (exact) mass is 346 g/mol. The van der Waals surface area contributed by atoms with E-state index < -0.39 is 0 Å². The Labute approximate surface area is 150 Å². The third kappa shape index (κ3) is 7.29. The van der Waals surface area contributed by atoms with E-state index in [1.807, 2.05) is 45.8 Å². The molecule has 4 nitrogen and oxygen atoms in total. The Hall–Kier alpha value is -2.49. The Morgan fingerprint density at radius 3 is 1.56 bits per heavy atom. The largest absolute Gasteiger partial charge is 0.508 e. The van der Waals surface area contributed by atoms with Gasteiger partial charge in [0.05, 0.1) is 0 Å². The van der Waals surface area contributed by atoms with Gasteiger partial charge >= 0.3 is 0 Å². The van der Waals surface area contributed by atoms with Crippen molar-refractivity contribution in [2.24, 2.45) is 0 Å². The first-order valence-electron chi connectivity index (χ1n) is 8.02. The fourth-order valence-electron chi connectivity index (χ4n) is 2.10. The van der Waals surface area contributed by atoms with Gasteiger partial charge in [-0.3, -0.25) is 0 Å². The second kappa shape index (κ2) is 9.11. The molecule has 25 heavy (non-hydrogen) atoms. The predicted molar refractivity (Wildman–Crippen MR) is 102 cm³/mol. The summed E-state index contributed by atoms with van der Waals surface area (Å²) in [7, 11) is 0. The standard InChI is InChI=1S/C10H14O2.C10H14O.CH2O/c1-10(2,3)7-5-4-6-8(11)9(7)12;1-10(2,3)8-4-6-9(11)7-5-8;1-2/h4-6,11-12H,1-3H3;4-7,11H,1-3H3;1H2. The van der Waals surface area contributed by atoms with Gasteiger partial charge in [-0.2, -0.15) is 0 Å². The Morgan fingerprint density at radius 2 is 1.20 bits per heavy atom. The predicted octanol–water partition coefficient (Wildman–Crippen LogP) is 4.90. The van der Waals surface area contributed by atoms with Crippen molar-refractivity contribution in [1.82, 2.24) is 0 Å². The number of rotatable bonds is 0. The zero-order valence-corrected chi connectivity index (χ0v) is 16.0. The lowest BCUT2D eigenvalue weighted by atomic mass is 9.86. The smallest absolute Gasteiger partial charge is 0.161 e. The molecule has 0 aliphatic heterocycles. The van der Waals surface area contributed by atoms with Crippen LogP contribution in [0.15, 0.2) is 42.5 Å². The molecule has 0 atom stereocenters. The van der Waals surface area contributed by atoms with Crippen LogP contribution in [0.3, 0.4) is 0 Å². The third-order valence-corrected chi connectivity index (χ3v) is 3.56. The maximum Gasteiger partial charge on any atom is 0.161 e. The molecule has 0 radical (unpaired) electrons. The molecule has 0 bridgehead atoms. The van der Waals surface area contributed by atoms with Gasteiger partial charge in [0.1, 0.15) is 12.5 Å². The lowest BCUT2D eigenvalue weighted by Gasteiger charge is -2.20. The van der Waals surface area contributed by atoms with E-state index in [2.05, 4.69) is 20.8 Å². The minimum atomic E-state index is -0.136. The fourth-order valence-corrected chi connectivity index (χ4v) is 2.10. The molecule has 0 spiro atoms. The quantitative estimate of drug-likeness (QED) is 0.593. The van der Waals surface area contributed by atoms with Crippen LogP contribution in [0, 0.1) is 0 Å². The van der Waals surface area contributed by atoms with Crippen molar-refractivity contribution in [1.29, 1.82) is 0 Å². The Bertz CT molecular complexity index is 647. The molecule has 0 unspecified atom stereocenters. The topological polar surface area (TPSA) is 77.8 Å². The molecule has 0 amide bonds. The summed E-state index contributed by atoms with van der Waals surface area (Å²) in [6.07, 6.45) is 0. The van der Waals surface area contributed by atoms with Gasteiger partial charge in [0.2, 0.25) is 0 Å². The number of hydrogen-bond acceptors (Lipinski definition) is 4. The van der Waals surface area contributed by atoms with Gasteiger partial charge in [0.25, 0.3) is 0 Å². The lowest BCUT2D eigenvalue weighted by Crippen LogP contribution is -2.10. The number of benzene rings is 2. The molecule has 0 aliphatic rings. The first kappa shape index (κ1) is 22.5. The highest BCUT2D eigenvalue weighted by atomic mass is 16.3. The number of carbonyl (C=O) groups is 1. The molecule has 0 aliphatic carbocycles. The van der Waals surface area contributed by atoms with Crippen molar-refractivity contribution in [3.63, 3.8) is 0 Å². The van der Waals surface area contributed by atoms with E-state index in [-0.39, 0.29) is 22.3 Å². The highest BCUT2D eigenvalue weighted by Crippen LogP contribution is 2.36. The summed E-state index contributed by atoms with van der Waals surface area (Å²) >= 11 is 0. The van der Waals surface area contributed by atoms with E-state index >= 15 is 0 Å². The molecule has 4 heteroatoms. The number of hydrogen-bond donors (Lipinski definition) is 3. The Morgan fingerprint density at radius 1 is 0.720 bits per heavy atom. The van der Waals surface area contributed by atoms with Crippen molar-refractivity contribution in [2.75, 3.05) is 0 Å². The van der Waals surface area contributed by atoms with Crippen LogP contribution >= 0.6 is 0 Å². The molecule has 0 aromatic heterocycles. The van der Waals surface area contributed by atoms with Crippen LogP contribution in [0.1, 0.15) is 52.7 Å². The van der Waals surface area contributed by atoms with Crippen LogP contribution in [-0.2, 0) is 15.6 Å². The molecular formula is C21H30O4. The van der Waals surface area contributed by atoms with Crippen molar-refractivity contribution < 1.29 is 20.1 Å². The molecule has 0 heterocycles. The van der Waals surface area contributed by atoms with Crippen LogP contribution in [0.2, 0.25) is 0 Å². The average Bonchev–Trinajstić information content (AvgIpc) is 2.51. The molecular weight excluding hydrogens is 316 g/mol. The van der Waals surface area contributed by atoms with Crippen molar-refractivity contribution >= 4 is 6.79 Å². The zero-order valence-electron chi connectivity index (χ0n) is 16.0. The second-order valence-corrected chi connectivity index (χ2v) is 7.72. The number of carbonyl (C=O) groups excluding carboxylic acids is 1. The van der Waals surface area contributed by atoms with E-state index in [0.29, 0.717) is 5.75 Å². The van der Waals surface area contributed by atoms with Gasteiger partial charge in [-0.15, -0.1) is 0 Å². The number of para-hydroxylation sites is 1. The maximum atomic E-state index is 9.48. The lowest BCUT2D eigenvalue weighted by molar-refractivity contribution is -0.0979. The molecule has 2 aromatic carbocycles. The summed E-state index contributed by atoms with van der Waals surface area (Å²) in [6, 6.07) is 12.4. The zero-order chi connectivity index (χ0) is 19.8. The van der Waals surface area contributed by atoms with Gasteiger partial charge < -0.3 is 20.1 Å². The Balaban J connectivity index is 0.000000421. The molecule has 3 N–H and O–H groups in total. The van der Waals surface area contributed by atoms with Crippen molar-refractivity contribution in [3.8, 4) is 17.2 Å². The SMILES string of the molecule is C=O.CC(C)(C)c1ccc(O)cc1.CC(C)(C)c1cccc(O)c1O. The minimum absolute atomic E-state index is 0.00926. The second-order valence-electron chi connectivity index (χ2n) is 7.72. The van der Waals surface area contributed by atoms with Crippen LogP contribution < -0.4 is 0 Å². The van der Waals surface area contributed by atoms with E-state index in [0.717, 1.165) is 5.56 Å². The number of phenolic OH excluding ortho intramolecular Hbond substituents is 3. The molecule has 0 saturated carbocycles. The van der Waals surface area contributed by atoms with Gasteiger partial charge in [0, 0.05) is 5.56 Å². The third-order valence-electron chi connectivity index (χ3n) is 3.56. The fraction of sp³-hybridized carbons (Fsp3) is 0.381. The summed E-state index contributed by atoms with van der Waals surface area (Å²) in [4.78, 5) is 8.00. The van der Waals surface area contributed by atoms with E-state index in [4.69, 9.17) is 9.90 Å². The summed E-state index contributed by atoms with van der Waals surface area (Å²) in [5, 5.41) is 27.7. The van der Waals surface area contributed by atoms with Crippen LogP contribution in [-0.4, -0.2) is 22.1 Å². The molecule has 2 rings (SSSR count). The van der Waals surface area contributed by atoms with E-state index in [1.165, 1.54) is 11.6 Å².